The number of carbonyl (C=O) groups excluding carboxylic acids is 1. The molecule has 0 rings (SSSR count). The molecule has 30 heavy (non-hydrogen) atoms. The summed E-state index contributed by atoms with van der Waals surface area (Å²) < 4.78 is 5.21. The van der Waals surface area contributed by atoms with Crippen molar-refractivity contribution in [2.24, 2.45) is 0 Å². The van der Waals surface area contributed by atoms with Crippen molar-refractivity contribution in [2.45, 2.75) is 115 Å². The Morgan fingerprint density at radius 2 is 1.33 bits per heavy atom. The third kappa shape index (κ3) is 16.9. The van der Waals surface area contributed by atoms with Gasteiger partial charge < -0.3 is 25.2 Å². The van der Waals surface area contributed by atoms with Gasteiger partial charge in [-0.3, -0.25) is 4.79 Å². The standard InChI is InChI=1S/C24H46O6/c1-2-3-4-5-6-7-8-9-10-11-12-13-14-15-16-17-22(28)24(23(29)19-26)30-20-21(27)18-25/h9-10,21,23-27,29H,2-8,11-20H2,1H3/b10-9-. The molecule has 0 aliphatic heterocycles. The summed E-state index contributed by atoms with van der Waals surface area (Å²) in [7, 11) is 0. The third-order valence-electron chi connectivity index (χ3n) is 5.22. The van der Waals surface area contributed by atoms with Gasteiger partial charge in [-0.25, -0.2) is 0 Å². The summed E-state index contributed by atoms with van der Waals surface area (Å²) in [5.74, 6) is -0.278. The van der Waals surface area contributed by atoms with Crippen molar-refractivity contribution in [3.63, 3.8) is 0 Å². The summed E-state index contributed by atoms with van der Waals surface area (Å²) in [6.45, 7) is 0.922. The van der Waals surface area contributed by atoms with E-state index in [9.17, 15) is 15.0 Å². The molecule has 0 aromatic rings. The van der Waals surface area contributed by atoms with Crippen molar-refractivity contribution < 1.29 is 30.0 Å². The van der Waals surface area contributed by atoms with Crippen LogP contribution in [0.1, 0.15) is 96.8 Å². The predicted octanol–water partition coefficient (Wildman–Crippen LogP) is 3.68. The van der Waals surface area contributed by atoms with Crippen molar-refractivity contribution in [2.75, 3.05) is 19.8 Å². The lowest BCUT2D eigenvalue weighted by Crippen LogP contribution is -2.41. The molecule has 0 fully saturated rings. The van der Waals surface area contributed by atoms with Crippen molar-refractivity contribution >= 4 is 5.78 Å². The van der Waals surface area contributed by atoms with E-state index < -0.39 is 31.5 Å². The number of unbranched alkanes of at least 4 members (excludes halogenated alkanes) is 11. The van der Waals surface area contributed by atoms with E-state index in [-0.39, 0.29) is 18.8 Å². The maximum Gasteiger partial charge on any atom is 0.164 e. The molecule has 0 bridgehead atoms. The lowest BCUT2D eigenvalue weighted by Gasteiger charge is -2.22. The SMILES string of the molecule is CCCCCCCC/C=C\CCCCCCCC(=O)C(OCC(O)CO)C(O)CO. The highest BCUT2D eigenvalue weighted by Gasteiger charge is 2.27. The van der Waals surface area contributed by atoms with Crippen LogP contribution in [-0.4, -0.2) is 64.3 Å². The van der Waals surface area contributed by atoms with Crippen LogP contribution in [-0.2, 0) is 9.53 Å². The highest BCUT2D eigenvalue weighted by Crippen LogP contribution is 2.12. The Bertz CT molecular complexity index is 413. The number of hydrogen-bond acceptors (Lipinski definition) is 6. The lowest BCUT2D eigenvalue weighted by molar-refractivity contribution is -0.145. The van der Waals surface area contributed by atoms with Crippen LogP contribution in [0.15, 0.2) is 12.2 Å². The summed E-state index contributed by atoms with van der Waals surface area (Å²) in [5.41, 5.74) is 0. The normalized spacial score (nSPS) is 14.8. The van der Waals surface area contributed by atoms with Gasteiger partial charge in [-0.1, -0.05) is 70.4 Å². The van der Waals surface area contributed by atoms with Gasteiger partial charge in [-0.2, -0.15) is 0 Å². The first kappa shape index (κ1) is 29.2. The molecular weight excluding hydrogens is 384 g/mol. The van der Waals surface area contributed by atoms with Crippen LogP contribution in [0, 0.1) is 0 Å². The Morgan fingerprint density at radius 3 is 1.87 bits per heavy atom. The van der Waals surface area contributed by atoms with Crippen molar-refractivity contribution in [3.8, 4) is 0 Å². The second-order valence-electron chi connectivity index (χ2n) is 8.14. The van der Waals surface area contributed by atoms with Gasteiger partial charge in [0, 0.05) is 6.42 Å². The minimum atomic E-state index is -1.31. The first-order valence-corrected chi connectivity index (χ1v) is 11.9. The van der Waals surface area contributed by atoms with E-state index in [1.54, 1.807) is 0 Å². The second-order valence-corrected chi connectivity index (χ2v) is 8.14. The Kier molecular flexibility index (Phi) is 20.9. The number of hydrogen-bond donors (Lipinski definition) is 4. The molecule has 178 valence electrons. The highest BCUT2D eigenvalue weighted by molar-refractivity contribution is 5.83. The van der Waals surface area contributed by atoms with Crippen LogP contribution in [0.5, 0.6) is 0 Å². The predicted molar refractivity (Wildman–Crippen MR) is 120 cm³/mol. The minimum absolute atomic E-state index is 0.254. The average molecular weight is 431 g/mol. The summed E-state index contributed by atoms with van der Waals surface area (Å²) in [6, 6.07) is 0. The maximum atomic E-state index is 12.2. The molecule has 6 heteroatoms. The number of ether oxygens (including phenoxy) is 1. The zero-order valence-electron chi connectivity index (χ0n) is 19.0. The molecule has 0 spiro atoms. The molecule has 3 unspecified atom stereocenters. The summed E-state index contributed by atoms with van der Waals surface area (Å²) in [5, 5.41) is 37.0. The molecule has 6 nitrogen and oxygen atoms in total. The third-order valence-corrected chi connectivity index (χ3v) is 5.22. The van der Waals surface area contributed by atoms with Gasteiger partial charge in [0.05, 0.1) is 19.8 Å². The first-order valence-electron chi connectivity index (χ1n) is 11.9. The minimum Gasteiger partial charge on any atom is -0.394 e. The highest BCUT2D eigenvalue weighted by atomic mass is 16.5. The Balaban J connectivity index is 3.70. The van der Waals surface area contributed by atoms with Crippen LogP contribution >= 0.6 is 0 Å². The first-order chi connectivity index (χ1) is 14.6. The fourth-order valence-corrected chi connectivity index (χ4v) is 3.29. The molecule has 3 atom stereocenters. The van der Waals surface area contributed by atoms with E-state index in [4.69, 9.17) is 14.9 Å². The second kappa shape index (κ2) is 21.4. The van der Waals surface area contributed by atoms with Gasteiger partial charge in [0.15, 0.2) is 5.78 Å². The smallest absolute Gasteiger partial charge is 0.164 e. The topological polar surface area (TPSA) is 107 Å². The molecular formula is C24H46O6. The Labute approximate surface area is 183 Å². The van der Waals surface area contributed by atoms with E-state index in [0.29, 0.717) is 6.42 Å². The lowest BCUT2D eigenvalue weighted by atomic mass is 10.0. The van der Waals surface area contributed by atoms with Gasteiger partial charge in [0.2, 0.25) is 0 Å². The number of allylic oxidation sites excluding steroid dienone is 2. The van der Waals surface area contributed by atoms with Crippen LogP contribution in [0.2, 0.25) is 0 Å². The fourth-order valence-electron chi connectivity index (χ4n) is 3.29. The van der Waals surface area contributed by atoms with Gasteiger partial charge >= 0.3 is 0 Å². The summed E-state index contributed by atoms with van der Waals surface area (Å²) >= 11 is 0. The van der Waals surface area contributed by atoms with E-state index >= 15 is 0 Å². The number of aliphatic hydroxyl groups excluding tert-OH is 4. The van der Waals surface area contributed by atoms with Crippen LogP contribution < -0.4 is 0 Å². The molecule has 4 N–H and O–H groups in total. The van der Waals surface area contributed by atoms with Crippen LogP contribution in [0.25, 0.3) is 0 Å². The number of ketones is 1. The van der Waals surface area contributed by atoms with Gasteiger partial charge in [-0.05, 0) is 32.1 Å². The molecule has 0 saturated heterocycles. The van der Waals surface area contributed by atoms with Crippen LogP contribution in [0.3, 0.4) is 0 Å². The summed E-state index contributed by atoms with van der Waals surface area (Å²) in [4.78, 5) is 12.2. The molecule has 0 amide bonds. The zero-order valence-corrected chi connectivity index (χ0v) is 19.0. The number of rotatable bonds is 22. The van der Waals surface area contributed by atoms with Gasteiger partial charge in [-0.15, -0.1) is 0 Å². The van der Waals surface area contributed by atoms with Crippen molar-refractivity contribution in [1.29, 1.82) is 0 Å². The Hall–Kier alpha value is -0.790. The number of carbonyl (C=O) groups is 1. The fraction of sp³-hybridized carbons (Fsp3) is 0.875. The number of Topliss-reactive ketones (excluding diaryl/α,β-unsaturated/α-hetero) is 1. The molecule has 0 aliphatic carbocycles. The van der Waals surface area contributed by atoms with E-state index in [2.05, 4.69) is 19.1 Å². The monoisotopic (exact) mass is 430 g/mol. The van der Waals surface area contributed by atoms with Gasteiger partial charge in [0.1, 0.15) is 18.3 Å². The van der Waals surface area contributed by atoms with Crippen molar-refractivity contribution in [3.05, 3.63) is 12.2 Å². The van der Waals surface area contributed by atoms with E-state index in [1.165, 1.54) is 44.9 Å². The summed E-state index contributed by atoms with van der Waals surface area (Å²) in [6.07, 6.45) is 16.6. The molecule has 0 aromatic heterocycles. The van der Waals surface area contributed by atoms with E-state index in [0.717, 1.165) is 32.1 Å². The van der Waals surface area contributed by atoms with Gasteiger partial charge in [0.25, 0.3) is 0 Å². The van der Waals surface area contributed by atoms with Crippen molar-refractivity contribution in [1.82, 2.24) is 0 Å². The van der Waals surface area contributed by atoms with E-state index in [1.807, 2.05) is 0 Å². The molecule has 0 radical (unpaired) electrons. The maximum absolute atomic E-state index is 12.2. The number of aliphatic hydroxyl groups is 4. The largest absolute Gasteiger partial charge is 0.394 e. The quantitative estimate of drug-likeness (QED) is 0.154. The molecule has 0 saturated carbocycles. The molecule has 0 aliphatic rings. The van der Waals surface area contributed by atoms with Crippen LogP contribution in [0.4, 0.5) is 0 Å². The zero-order chi connectivity index (χ0) is 22.5. The molecule has 0 aromatic carbocycles. The Morgan fingerprint density at radius 1 is 0.800 bits per heavy atom. The average Bonchev–Trinajstić information content (AvgIpc) is 2.75. The molecule has 0 heterocycles.